The van der Waals surface area contributed by atoms with Crippen molar-refractivity contribution in [2.24, 2.45) is 5.10 Å². The molecule has 0 spiro atoms. The molecular formula is C30H27BrCl2N4O5S. The molecule has 1 atom stereocenters. The molecule has 1 aliphatic heterocycles. The number of allylic oxidation sites excluding steroid dienone is 1. The van der Waals surface area contributed by atoms with E-state index >= 15 is 0 Å². The van der Waals surface area contributed by atoms with E-state index < -0.39 is 17.9 Å². The predicted octanol–water partition coefficient (Wildman–Crippen LogP) is 6.22. The van der Waals surface area contributed by atoms with Gasteiger partial charge in [-0.3, -0.25) is 4.79 Å². The summed E-state index contributed by atoms with van der Waals surface area (Å²) >= 11 is 21.0. The number of hydrogen-bond acceptors (Lipinski definition) is 7. The number of amides is 1. The van der Waals surface area contributed by atoms with Gasteiger partial charge in [0, 0.05) is 26.9 Å². The molecule has 1 aliphatic rings. The summed E-state index contributed by atoms with van der Waals surface area (Å²) in [5.74, 6) is 0.0554. The zero-order valence-corrected chi connectivity index (χ0v) is 27.0. The fourth-order valence-electron chi connectivity index (χ4n) is 4.12. The van der Waals surface area contributed by atoms with E-state index in [1.807, 2.05) is 6.07 Å². The van der Waals surface area contributed by atoms with Crippen LogP contribution in [0.4, 0.5) is 0 Å². The van der Waals surface area contributed by atoms with Crippen molar-refractivity contribution in [3.05, 3.63) is 103 Å². The number of ether oxygens (including phenoxy) is 3. The minimum Gasteiger partial charge on any atom is -0.488 e. The monoisotopic (exact) mass is 704 g/mol. The molecule has 0 bridgehead atoms. The molecular weight excluding hydrogens is 679 g/mol. The van der Waals surface area contributed by atoms with Gasteiger partial charge < -0.3 is 24.8 Å². The highest BCUT2D eigenvalue weighted by atomic mass is 79.9. The lowest BCUT2D eigenvalue weighted by Crippen LogP contribution is -2.45. The van der Waals surface area contributed by atoms with E-state index in [9.17, 15) is 9.59 Å². The van der Waals surface area contributed by atoms with Gasteiger partial charge >= 0.3 is 5.97 Å². The molecule has 0 aliphatic carbocycles. The van der Waals surface area contributed by atoms with Crippen molar-refractivity contribution in [2.45, 2.75) is 26.5 Å². The molecule has 13 heteroatoms. The van der Waals surface area contributed by atoms with E-state index in [4.69, 9.17) is 49.6 Å². The van der Waals surface area contributed by atoms with Crippen molar-refractivity contribution in [3.63, 3.8) is 0 Å². The SMILES string of the molecule is CCOC(=O)C1=C(C)NC(=S)N[C@H]1c1ccccc1OCC(=O)NN=Cc1ccc(OCc2ccc(Cl)cc2Cl)c(Br)c1. The van der Waals surface area contributed by atoms with Crippen molar-refractivity contribution in [1.82, 2.24) is 16.1 Å². The Morgan fingerprint density at radius 2 is 1.88 bits per heavy atom. The molecule has 43 heavy (non-hydrogen) atoms. The molecule has 0 radical (unpaired) electrons. The van der Waals surface area contributed by atoms with Gasteiger partial charge in [0.2, 0.25) is 0 Å². The minimum absolute atomic E-state index is 0.222. The standard InChI is InChI=1S/C30H27BrCl2N4O5S/c1-3-40-29(39)27-17(2)35-30(43)36-28(27)21-6-4-5-7-24(21)42-16-26(38)37-34-14-18-8-11-25(22(31)12-18)41-15-19-9-10-20(32)13-23(19)33/h4-14,28H,3,15-16H2,1-2H3,(H,37,38)(H2,35,36,43)/t28-/m0/s1. The zero-order chi connectivity index (χ0) is 30.9. The highest BCUT2D eigenvalue weighted by Gasteiger charge is 2.32. The smallest absolute Gasteiger partial charge is 0.338 e. The van der Waals surface area contributed by atoms with Gasteiger partial charge in [-0.05, 0) is 84.0 Å². The van der Waals surface area contributed by atoms with E-state index in [0.717, 1.165) is 11.1 Å². The Hall–Kier alpha value is -3.64. The maximum atomic E-state index is 12.7. The Kier molecular flexibility index (Phi) is 11.4. The van der Waals surface area contributed by atoms with E-state index in [-0.39, 0.29) is 19.8 Å². The Morgan fingerprint density at radius 1 is 1.09 bits per heavy atom. The third kappa shape index (κ3) is 8.70. The number of benzene rings is 3. The van der Waals surface area contributed by atoms with Gasteiger partial charge in [-0.15, -0.1) is 0 Å². The predicted molar refractivity (Wildman–Crippen MR) is 174 cm³/mol. The number of carbonyl (C=O) groups is 2. The van der Waals surface area contributed by atoms with Gasteiger partial charge in [-0.1, -0.05) is 47.5 Å². The summed E-state index contributed by atoms with van der Waals surface area (Å²) in [7, 11) is 0. The third-order valence-corrected chi connectivity index (χ3v) is 7.54. The Morgan fingerprint density at radius 3 is 2.63 bits per heavy atom. The minimum atomic E-state index is -0.626. The van der Waals surface area contributed by atoms with E-state index in [2.05, 4.69) is 37.1 Å². The molecule has 3 N–H and O–H groups in total. The molecule has 9 nitrogen and oxygen atoms in total. The molecule has 224 valence electrons. The molecule has 0 saturated carbocycles. The van der Waals surface area contributed by atoms with E-state index in [1.165, 1.54) is 6.21 Å². The summed E-state index contributed by atoms with van der Waals surface area (Å²) in [5, 5.41) is 11.5. The van der Waals surface area contributed by atoms with Crippen molar-refractivity contribution < 1.29 is 23.8 Å². The van der Waals surface area contributed by atoms with Crippen molar-refractivity contribution in [2.75, 3.05) is 13.2 Å². The van der Waals surface area contributed by atoms with Crippen LogP contribution in [0, 0.1) is 0 Å². The molecule has 0 saturated heterocycles. The summed E-state index contributed by atoms with van der Waals surface area (Å²) in [6, 6.07) is 17.0. The van der Waals surface area contributed by atoms with Crippen LogP contribution < -0.4 is 25.5 Å². The average molecular weight is 706 g/mol. The van der Waals surface area contributed by atoms with Gasteiger partial charge in [0.25, 0.3) is 5.91 Å². The Labute approximate surface area is 272 Å². The topological polar surface area (TPSA) is 110 Å². The normalized spacial score (nSPS) is 14.6. The summed E-state index contributed by atoms with van der Waals surface area (Å²) in [4.78, 5) is 25.2. The molecule has 3 aromatic carbocycles. The highest BCUT2D eigenvalue weighted by Crippen LogP contribution is 2.34. The molecule has 4 rings (SSSR count). The van der Waals surface area contributed by atoms with Crippen LogP contribution >= 0.6 is 51.3 Å². The van der Waals surface area contributed by atoms with Crippen molar-refractivity contribution in [3.8, 4) is 11.5 Å². The zero-order valence-electron chi connectivity index (χ0n) is 23.1. The maximum Gasteiger partial charge on any atom is 0.338 e. The highest BCUT2D eigenvalue weighted by molar-refractivity contribution is 9.10. The number of nitrogens with zero attached hydrogens (tertiary/aromatic N) is 1. The number of halogens is 3. The lowest BCUT2D eigenvalue weighted by molar-refractivity contribution is -0.139. The Balaban J connectivity index is 1.35. The number of hydrazone groups is 1. The average Bonchev–Trinajstić information content (AvgIpc) is 2.96. The number of hydrogen-bond donors (Lipinski definition) is 3. The fraction of sp³-hybridized carbons (Fsp3) is 0.200. The second kappa shape index (κ2) is 15.2. The van der Waals surface area contributed by atoms with Crippen LogP contribution in [0.25, 0.3) is 0 Å². The lowest BCUT2D eigenvalue weighted by atomic mass is 9.95. The maximum absolute atomic E-state index is 12.7. The molecule has 0 unspecified atom stereocenters. The number of rotatable bonds is 11. The Bertz CT molecular complexity index is 1600. The quantitative estimate of drug-likeness (QED) is 0.0934. The van der Waals surface area contributed by atoms with Gasteiger partial charge in [0.15, 0.2) is 11.7 Å². The van der Waals surface area contributed by atoms with Crippen LogP contribution in [0.1, 0.15) is 36.6 Å². The first-order valence-corrected chi connectivity index (χ1v) is 15.0. The number of para-hydroxylation sites is 1. The van der Waals surface area contributed by atoms with Gasteiger partial charge in [-0.2, -0.15) is 5.10 Å². The second-order valence-corrected chi connectivity index (χ2v) is 11.2. The van der Waals surface area contributed by atoms with Gasteiger partial charge in [0.05, 0.1) is 28.9 Å². The van der Waals surface area contributed by atoms with E-state index in [0.29, 0.717) is 48.0 Å². The molecule has 0 fully saturated rings. The third-order valence-electron chi connectivity index (χ3n) is 6.11. The lowest BCUT2D eigenvalue weighted by Gasteiger charge is -2.30. The first-order chi connectivity index (χ1) is 20.7. The van der Waals surface area contributed by atoms with E-state index in [1.54, 1.807) is 68.4 Å². The number of nitrogens with one attached hydrogen (secondary N) is 3. The van der Waals surface area contributed by atoms with Crippen LogP contribution in [0.5, 0.6) is 11.5 Å². The molecule has 1 amide bonds. The number of esters is 1. The van der Waals surface area contributed by atoms with Gasteiger partial charge in [-0.25, -0.2) is 10.2 Å². The van der Waals surface area contributed by atoms with Crippen molar-refractivity contribution in [1.29, 1.82) is 0 Å². The number of thiocarbonyl (C=S) groups is 1. The van der Waals surface area contributed by atoms with Crippen molar-refractivity contribution >= 4 is 74.6 Å². The van der Waals surface area contributed by atoms with Crippen LogP contribution in [-0.4, -0.2) is 36.4 Å². The summed E-state index contributed by atoms with van der Waals surface area (Å²) in [6.45, 7) is 3.66. The van der Waals surface area contributed by atoms with Crippen LogP contribution in [0.15, 0.2) is 81.5 Å². The first-order valence-electron chi connectivity index (χ1n) is 13.0. The molecule has 3 aromatic rings. The summed E-state index contributed by atoms with van der Waals surface area (Å²) in [6.07, 6.45) is 1.50. The number of carbonyl (C=O) groups excluding carboxylic acids is 2. The fourth-order valence-corrected chi connectivity index (χ4v) is 5.37. The van der Waals surface area contributed by atoms with Crippen LogP contribution in [0.2, 0.25) is 10.0 Å². The molecule has 1 heterocycles. The van der Waals surface area contributed by atoms with Crippen LogP contribution in [0.3, 0.4) is 0 Å². The summed E-state index contributed by atoms with van der Waals surface area (Å²) in [5.41, 5.74) is 5.54. The second-order valence-electron chi connectivity index (χ2n) is 9.12. The largest absolute Gasteiger partial charge is 0.488 e. The first kappa shape index (κ1) is 32.3. The van der Waals surface area contributed by atoms with Gasteiger partial charge in [0.1, 0.15) is 18.1 Å². The molecule has 0 aromatic heterocycles. The summed E-state index contributed by atoms with van der Waals surface area (Å²) < 4.78 is 17.6. The van der Waals surface area contributed by atoms with Crippen LogP contribution in [-0.2, 0) is 20.9 Å².